The number of likely N-dealkylation sites (tertiary alicyclic amines) is 2. The molecule has 0 saturated carbocycles. The molecule has 2 aromatic carbocycles. The van der Waals surface area contributed by atoms with Gasteiger partial charge in [-0.1, -0.05) is 6.07 Å². The van der Waals surface area contributed by atoms with Crippen LogP contribution in [0.1, 0.15) is 49.7 Å². The van der Waals surface area contributed by atoms with Crippen LogP contribution in [0.15, 0.2) is 36.4 Å². The number of methoxy groups -OCH3 is 2. The number of halogens is 2. The summed E-state index contributed by atoms with van der Waals surface area (Å²) in [6.07, 6.45) is 5.87. The molecule has 0 aliphatic carbocycles. The third-order valence-electron chi connectivity index (χ3n) is 7.48. The number of carbonyl (C=O) groups excluding carboxylic acids is 1. The van der Waals surface area contributed by atoms with Gasteiger partial charge in [-0.25, -0.2) is 8.78 Å². The molecule has 184 valence electrons. The first-order valence-electron chi connectivity index (χ1n) is 12.1. The first kappa shape index (κ1) is 24.5. The van der Waals surface area contributed by atoms with Crippen LogP contribution in [0.3, 0.4) is 0 Å². The van der Waals surface area contributed by atoms with E-state index in [4.69, 9.17) is 9.47 Å². The molecule has 2 fully saturated rings. The number of ether oxygens (including phenoxy) is 2. The molecule has 0 N–H and O–H groups in total. The number of amides is 1. The Balaban J connectivity index is 1.37. The fourth-order valence-corrected chi connectivity index (χ4v) is 5.56. The van der Waals surface area contributed by atoms with Gasteiger partial charge in [0.1, 0.15) is 23.1 Å². The molecule has 2 saturated heterocycles. The van der Waals surface area contributed by atoms with Crippen LogP contribution in [-0.2, 0) is 17.8 Å². The summed E-state index contributed by atoms with van der Waals surface area (Å²) in [5.74, 6) is 0.839. The normalized spacial score (nSPS) is 21.0. The van der Waals surface area contributed by atoms with Crippen molar-refractivity contribution in [1.82, 2.24) is 9.80 Å². The van der Waals surface area contributed by atoms with Crippen LogP contribution < -0.4 is 9.47 Å². The minimum absolute atomic E-state index is 0.0486. The van der Waals surface area contributed by atoms with E-state index in [0.717, 1.165) is 68.3 Å². The Morgan fingerprint density at radius 1 is 0.941 bits per heavy atom. The van der Waals surface area contributed by atoms with Crippen molar-refractivity contribution in [2.75, 3.05) is 33.9 Å². The lowest BCUT2D eigenvalue weighted by atomic mass is 9.87. The predicted molar refractivity (Wildman–Crippen MR) is 127 cm³/mol. The van der Waals surface area contributed by atoms with Crippen molar-refractivity contribution in [2.24, 2.45) is 0 Å². The lowest BCUT2D eigenvalue weighted by Crippen LogP contribution is -2.44. The predicted octanol–water partition coefficient (Wildman–Crippen LogP) is 4.96. The van der Waals surface area contributed by atoms with Crippen molar-refractivity contribution in [2.45, 2.75) is 57.0 Å². The number of aryl methyl sites for hydroxylation is 1. The highest BCUT2D eigenvalue weighted by Gasteiger charge is 2.42. The summed E-state index contributed by atoms with van der Waals surface area (Å²) >= 11 is 0. The molecule has 5 nitrogen and oxygen atoms in total. The monoisotopic (exact) mass is 472 g/mol. The van der Waals surface area contributed by atoms with Gasteiger partial charge >= 0.3 is 0 Å². The van der Waals surface area contributed by atoms with Gasteiger partial charge < -0.3 is 14.4 Å². The molecule has 1 spiro atoms. The molecule has 4 rings (SSSR count). The van der Waals surface area contributed by atoms with Crippen molar-refractivity contribution >= 4 is 5.91 Å². The third-order valence-corrected chi connectivity index (χ3v) is 7.48. The zero-order valence-corrected chi connectivity index (χ0v) is 20.1. The molecule has 0 bridgehead atoms. The number of rotatable bonds is 7. The lowest BCUT2D eigenvalue weighted by molar-refractivity contribution is -0.131. The van der Waals surface area contributed by atoms with E-state index in [1.807, 2.05) is 23.1 Å². The quantitative estimate of drug-likeness (QED) is 0.571. The zero-order valence-electron chi connectivity index (χ0n) is 20.1. The number of carbonyl (C=O) groups is 1. The van der Waals surface area contributed by atoms with Gasteiger partial charge in [0.25, 0.3) is 0 Å². The van der Waals surface area contributed by atoms with Gasteiger partial charge in [0, 0.05) is 43.2 Å². The zero-order chi connectivity index (χ0) is 24.1. The minimum Gasteiger partial charge on any atom is -0.497 e. The van der Waals surface area contributed by atoms with Gasteiger partial charge in [0.2, 0.25) is 5.91 Å². The molecule has 0 aromatic heterocycles. The van der Waals surface area contributed by atoms with Gasteiger partial charge in [-0.3, -0.25) is 9.69 Å². The van der Waals surface area contributed by atoms with E-state index < -0.39 is 5.82 Å². The summed E-state index contributed by atoms with van der Waals surface area (Å²) in [6.45, 7) is 2.72. The Morgan fingerprint density at radius 3 is 2.50 bits per heavy atom. The average molecular weight is 473 g/mol. The molecule has 2 aliphatic heterocycles. The van der Waals surface area contributed by atoms with Gasteiger partial charge in [-0.15, -0.1) is 0 Å². The highest BCUT2D eigenvalue weighted by Crippen LogP contribution is 2.40. The van der Waals surface area contributed by atoms with E-state index in [2.05, 4.69) is 4.90 Å². The summed E-state index contributed by atoms with van der Waals surface area (Å²) < 4.78 is 38.7. The smallest absolute Gasteiger partial charge is 0.222 e. The molecular weight excluding hydrogens is 438 g/mol. The second-order valence-corrected chi connectivity index (χ2v) is 9.40. The van der Waals surface area contributed by atoms with Crippen molar-refractivity contribution in [3.05, 3.63) is 59.2 Å². The minimum atomic E-state index is -0.407. The van der Waals surface area contributed by atoms with Crippen molar-refractivity contribution in [3.8, 4) is 11.5 Å². The second-order valence-electron chi connectivity index (χ2n) is 9.40. The number of nitrogens with zero attached hydrogens (tertiary/aromatic N) is 2. The Kier molecular flexibility index (Phi) is 7.71. The molecule has 1 unspecified atom stereocenters. The molecule has 1 atom stereocenters. The number of benzene rings is 2. The molecular formula is C27H34F2N2O3. The molecule has 34 heavy (non-hydrogen) atoms. The molecule has 2 heterocycles. The standard InChI is InChI=1S/C27H34F2N2O3/c1-33-23-8-5-20(25(18-23)34-2)6-10-26(32)30-14-3-11-27(13-16-30)12-4-15-31(27)19-21-17-22(28)7-9-24(21)29/h5,7-9,17-18H,3-4,6,10-16,19H2,1-2H3. The molecule has 0 radical (unpaired) electrons. The average Bonchev–Trinajstić information content (AvgIpc) is 3.09. The van der Waals surface area contributed by atoms with Gasteiger partial charge in [-0.05, 0) is 74.9 Å². The fraction of sp³-hybridized carbons (Fsp3) is 0.519. The highest BCUT2D eigenvalue weighted by molar-refractivity contribution is 5.76. The Labute approximate surface area is 200 Å². The first-order valence-corrected chi connectivity index (χ1v) is 12.1. The van der Waals surface area contributed by atoms with E-state index >= 15 is 0 Å². The van der Waals surface area contributed by atoms with Crippen LogP contribution >= 0.6 is 0 Å². The molecule has 2 aliphatic rings. The second kappa shape index (κ2) is 10.7. The molecule has 1 amide bonds. The highest BCUT2D eigenvalue weighted by atomic mass is 19.1. The van der Waals surface area contributed by atoms with E-state index in [0.29, 0.717) is 31.5 Å². The van der Waals surface area contributed by atoms with Crippen LogP contribution in [0.4, 0.5) is 8.78 Å². The summed E-state index contributed by atoms with van der Waals surface area (Å²) in [4.78, 5) is 17.4. The Morgan fingerprint density at radius 2 is 1.74 bits per heavy atom. The van der Waals surface area contributed by atoms with Crippen LogP contribution in [0, 0.1) is 11.6 Å². The first-order chi connectivity index (χ1) is 16.4. The SMILES string of the molecule is COc1ccc(CCC(=O)N2CCCC3(CCCN3Cc3cc(F)ccc3F)CC2)c(OC)c1. The van der Waals surface area contributed by atoms with E-state index in [1.165, 1.54) is 12.1 Å². The molecule has 2 aromatic rings. The van der Waals surface area contributed by atoms with Crippen LogP contribution in [0.2, 0.25) is 0 Å². The summed E-state index contributed by atoms with van der Waals surface area (Å²) in [7, 11) is 3.24. The maximum absolute atomic E-state index is 14.3. The maximum atomic E-state index is 14.3. The summed E-state index contributed by atoms with van der Waals surface area (Å²) in [5, 5.41) is 0. The number of hydrogen-bond donors (Lipinski definition) is 0. The van der Waals surface area contributed by atoms with Gasteiger partial charge in [-0.2, -0.15) is 0 Å². The maximum Gasteiger partial charge on any atom is 0.222 e. The Bertz CT molecular complexity index is 1020. The topological polar surface area (TPSA) is 42.0 Å². The fourth-order valence-electron chi connectivity index (χ4n) is 5.56. The lowest BCUT2D eigenvalue weighted by Gasteiger charge is -2.38. The van der Waals surface area contributed by atoms with Crippen molar-refractivity contribution < 1.29 is 23.0 Å². The van der Waals surface area contributed by atoms with Crippen LogP contribution in [0.25, 0.3) is 0 Å². The van der Waals surface area contributed by atoms with Gasteiger partial charge in [0.05, 0.1) is 14.2 Å². The van der Waals surface area contributed by atoms with E-state index in [1.54, 1.807) is 14.2 Å². The van der Waals surface area contributed by atoms with Crippen LogP contribution in [0.5, 0.6) is 11.5 Å². The van der Waals surface area contributed by atoms with Gasteiger partial charge in [0.15, 0.2) is 0 Å². The largest absolute Gasteiger partial charge is 0.497 e. The van der Waals surface area contributed by atoms with E-state index in [9.17, 15) is 13.6 Å². The van der Waals surface area contributed by atoms with Crippen molar-refractivity contribution in [3.63, 3.8) is 0 Å². The number of hydrogen-bond acceptors (Lipinski definition) is 4. The molecule has 7 heteroatoms. The van der Waals surface area contributed by atoms with Crippen molar-refractivity contribution in [1.29, 1.82) is 0 Å². The Hall–Kier alpha value is -2.67. The van der Waals surface area contributed by atoms with Crippen LogP contribution in [-0.4, -0.2) is 55.1 Å². The third kappa shape index (κ3) is 5.35. The summed E-state index contributed by atoms with van der Waals surface area (Å²) in [6, 6.07) is 9.35. The van der Waals surface area contributed by atoms with E-state index in [-0.39, 0.29) is 17.3 Å². The summed E-state index contributed by atoms with van der Waals surface area (Å²) in [5.41, 5.74) is 1.35.